The number of anilines is 1. The molecule has 56 heavy (non-hydrogen) atoms. The van der Waals surface area contributed by atoms with E-state index in [9.17, 15) is 33.9 Å². The van der Waals surface area contributed by atoms with Crippen molar-refractivity contribution in [2.75, 3.05) is 25.4 Å². The Bertz CT molecular complexity index is 2100. The molecule has 5 rings (SSSR count). The molecule has 3 aromatic carbocycles. The molecule has 294 valence electrons. The zero-order valence-corrected chi connectivity index (χ0v) is 30.3. The maximum atomic E-state index is 14.1. The zero-order valence-electron chi connectivity index (χ0n) is 30.3. The molecule has 0 radical (unpaired) electrons. The summed E-state index contributed by atoms with van der Waals surface area (Å²) in [5, 5.41) is 26.4. The van der Waals surface area contributed by atoms with E-state index in [4.69, 9.17) is 17.2 Å². The van der Waals surface area contributed by atoms with Crippen molar-refractivity contribution in [2.45, 2.75) is 49.9 Å². The van der Waals surface area contributed by atoms with Crippen LogP contribution >= 0.6 is 0 Å². The number of hydrogen-bond donors (Lipinski definition) is 11. The number of H-pyrrole nitrogens is 1. The lowest BCUT2D eigenvalue weighted by Gasteiger charge is -2.26. The van der Waals surface area contributed by atoms with Crippen LogP contribution in [0.1, 0.15) is 34.3 Å². The first kappa shape index (κ1) is 40.1. The van der Waals surface area contributed by atoms with Gasteiger partial charge in [0.05, 0.1) is 12.1 Å². The number of aromatic hydroxyl groups is 1. The number of nitrogen functional groups attached to an aromatic ring is 1. The van der Waals surface area contributed by atoms with E-state index in [1.807, 2.05) is 24.3 Å². The van der Waals surface area contributed by atoms with Gasteiger partial charge in [0.1, 0.15) is 29.9 Å². The number of guanidine groups is 1. The minimum atomic E-state index is -1.47. The van der Waals surface area contributed by atoms with Crippen LogP contribution in [0.2, 0.25) is 0 Å². The minimum absolute atomic E-state index is 0.00128. The normalized spacial score (nSPS) is 19.6. The number of nitrogens with one attached hydrogen (secondary N) is 7. The van der Waals surface area contributed by atoms with Gasteiger partial charge in [0.15, 0.2) is 5.96 Å². The molecule has 4 aromatic rings. The van der Waals surface area contributed by atoms with Gasteiger partial charge in [0, 0.05) is 48.7 Å². The highest BCUT2D eigenvalue weighted by Crippen LogP contribution is 2.20. The molecule has 1 aliphatic rings. The van der Waals surface area contributed by atoms with Gasteiger partial charge in [-0.1, -0.05) is 42.5 Å². The number of hydrogen-bond acceptors (Lipinski definition) is 9. The van der Waals surface area contributed by atoms with Crippen molar-refractivity contribution in [2.24, 2.45) is 16.5 Å². The van der Waals surface area contributed by atoms with Crippen LogP contribution in [0, 0.1) is 0 Å². The van der Waals surface area contributed by atoms with Crippen LogP contribution in [-0.4, -0.2) is 95.3 Å². The second-order valence-electron chi connectivity index (χ2n) is 13.2. The number of amides is 6. The monoisotopic (exact) mass is 767 g/mol. The Morgan fingerprint density at radius 3 is 2.16 bits per heavy atom. The van der Waals surface area contributed by atoms with Crippen molar-refractivity contribution < 1.29 is 33.9 Å². The molecule has 18 heteroatoms. The molecule has 4 atom stereocenters. The molecular formula is C38H45N11O7. The van der Waals surface area contributed by atoms with Gasteiger partial charge in [-0.3, -0.25) is 33.8 Å². The van der Waals surface area contributed by atoms with Crippen LogP contribution in [0.15, 0.2) is 84.0 Å². The molecule has 18 nitrogen and oxygen atoms in total. The molecule has 0 saturated carbocycles. The summed E-state index contributed by atoms with van der Waals surface area (Å²) in [4.78, 5) is 89.3. The number of nitrogens with two attached hydrogens (primary N) is 3. The zero-order chi connectivity index (χ0) is 40.2. The number of rotatable bonds is 11. The van der Waals surface area contributed by atoms with E-state index in [1.54, 1.807) is 30.5 Å². The smallest absolute Gasteiger partial charge is 0.253 e. The van der Waals surface area contributed by atoms with Gasteiger partial charge < -0.3 is 59.2 Å². The average molecular weight is 768 g/mol. The second kappa shape index (κ2) is 18.8. The Kier molecular flexibility index (Phi) is 13.4. The van der Waals surface area contributed by atoms with Crippen molar-refractivity contribution in [3.05, 3.63) is 95.7 Å². The molecule has 1 fully saturated rings. The Hall–Kier alpha value is -7.11. The highest BCUT2D eigenvalue weighted by molar-refractivity contribution is 6.00. The van der Waals surface area contributed by atoms with E-state index < -0.39 is 72.7 Å². The van der Waals surface area contributed by atoms with Crippen molar-refractivity contribution in [3.8, 4) is 5.75 Å². The second-order valence-corrected chi connectivity index (χ2v) is 13.2. The summed E-state index contributed by atoms with van der Waals surface area (Å²) >= 11 is 0. The lowest BCUT2D eigenvalue weighted by atomic mass is 10.0. The van der Waals surface area contributed by atoms with Crippen LogP contribution in [0.5, 0.6) is 5.75 Å². The standard InChI is InChI=1S/C38H45N11O7/c39-26-8-3-1-7-25(26)33(52)44-19-31-37(56)48-30(17-22-18-43-27-9-4-2-6-24(22)27)34(53)45-20-32(51)46-29(16-21-11-13-23(50)14-12-21)36(55)47-28(35(54)49-31)10-5-15-42-38(40)41/h1-4,6-9,11-14,18,28-31,43,50H,5,10,15-17,19-20,39H2,(H,44,52)(H,45,53)(H,46,51)(H,47,55)(H,48,56)(H,49,54)(H4,40,41,42)/t28-,29-,30-,31-/m0/s1. The number of carbonyl (C=O) groups excluding carboxylic acids is 6. The van der Waals surface area contributed by atoms with Gasteiger partial charge >= 0.3 is 0 Å². The van der Waals surface area contributed by atoms with Gasteiger partial charge in [-0.05, 0) is 54.3 Å². The van der Waals surface area contributed by atoms with Crippen LogP contribution in [0.3, 0.4) is 0 Å². The third-order valence-corrected chi connectivity index (χ3v) is 9.07. The first-order valence-corrected chi connectivity index (χ1v) is 17.9. The van der Waals surface area contributed by atoms with Crippen molar-refractivity contribution >= 4 is 58.0 Å². The maximum Gasteiger partial charge on any atom is 0.253 e. The van der Waals surface area contributed by atoms with Gasteiger partial charge in [0.25, 0.3) is 5.91 Å². The molecule has 14 N–H and O–H groups in total. The van der Waals surface area contributed by atoms with Crippen LogP contribution < -0.4 is 49.1 Å². The third-order valence-electron chi connectivity index (χ3n) is 9.07. The SMILES string of the molecule is NC(N)=NCCC[C@@H]1NC(=O)[C@H](Cc2ccc(O)cc2)NC(=O)CNC(=O)[C@H](Cc2c[nH]c3ccccc23)NC(=O)[C@H](CNC(=O)c2ccccc2N)NC1=O. The van der Waals surface area contributed by atoms with E-state index in [0.29, 0.717) is 11.1 Å². The third kappa shape index (κ3) is 11.0. The van der Waals surface area contributed by atoms with E-state index >= 15 is 0 Å². The summed E-state index contributed by atoms with van der Waals surface area (Å²) in [7, 11) is 0. The maximum absolute atomic E-state index is 14.1. The lowest BCUT2D eigenvalue weighted by molar-refractivity contribution is -0.134. The number of carbonyl (C=O) groups is 6. The average Bonchev–Trinajstić information content (AvgIpc) is 3.58. The number of aliphatic imine (C=N–C) groups is 1. The predicted molar refractivity (Wildman–Crippen MR) is 208 cm³/mol. The summed E-state index contributed by atoms with van der Waals surface area (Å²) in [6, 6.07) is 14.4. The van der Waals surface area contributed by atoms with Gasteiger partial charge in [-0.15, -0.1) is 0 Å². The molecule has 0 unspecified atom stereocenters. The number of para-hydroxylation sites is 2. The van der Waals surface area contributed by atoms with Crippen molar-refractivity contribution in [1.82, 2.24) is 36.9 Å². The quantitative estimate of drug-likeness (QED) is 0.0375. The summed E-state index contributed by atoms with van der Waals surface area (Å²) in [6.45, 7) is -0.892. The number of fused-ring (bicyclic) bond motifs is 1. The summed E-state index contributed by atoms with van der Waals surface area (Å²) in [5.74, 6) is -4.65. The number of aromatic amines is 1. The van der Waals surface area contributed by atoms with Gasteiger partial charge in [-0.25, -0.2) is 0 Å². The van der Waals surface area contributed by atoms with Crippen molar-refractivity contribution in [3.63, 3.8) is 0 Å². The summed E-state index contributed by atoms with van der Waals surface area (Å²) < 4.78 is 0. The number of phenolic OH excluding ortho intramolecular Hbond substituents is 1. The topological polar surface area (TPSA) is 301 Å². The number of nitrogens with zero attached hydrogens (tertiary/aromatic N) is 1. The molecule has 2 heterocycles. The van der Waals surface area contributed by atoms with Crippen LogP contribution in [0.25, 0.3) is 10.9 Å². The number of benzene rings is 3. The van der Waals surface area contributed by atoms with E-state index in [0.717, 1.165) is 10.9 Å². The van der Waals surface area contributed by atoms with Gasteiger partial charge in [-0.2, -0.15) is 0 Å². The Labute approximate surface area is 321 Å². The van der Waals surface area contributed by atoms with Crippen molar-refractivity contribution in [1.29, 1.82) is 0 Å². The molecule has 1 saturated heterocycles. The summed E-state index contributed by atoms with van der Waals surface area (Å²) in [6.07, 6.45) is 1.85. The summed E-state index contributed by atoms with van der Waals surface area (Å²) in [5.41, 5.74) is 19.3. The Morgan fingerprint density at radius 1 is 0.768 bits per heavy atom. The largest absolute Gasteiger partial charge is 0.508 e. The first-order chi connectivity index (χ1) is 26.9. The molecule has 1 aliphatic heterocycles. The molecule has 0 bridgehead atoms. The van der Waals surface area contributed by atoms with E-state index in [1.165, 1.54) is 24.3 Å². The fourth-order valence-corrected chi connectivity index (χ4v) is 6.14. The minimum Gasteiger partial charge on any atom is -0.508 e. The Morgan fingerprint density at radius 2 is 1.41 bits per heavy atom. The molecule has 1 aromatic heterocycles. The molecule has 0 aliphatic carbocycles. The molecule has 6 amide bonds. The van der Waals surface area contributed by atoms with Crippen LogP contribution in [0.4, 0.5) is 5.69 Å². The van der Waals surface area contributed by atoms with E-state index in [-0.39, 0.29) is 55.2 Å². The Balaban J connectivity index is 1.48. The first-order valence-electron chi connectivity index (χ1n) is 17.9. The predicted octanol–water partition coefficient (Wildman–Crippen LogP) is -1.21. The van der Waals surface area contributed by atoms with E-state index in [2.05, 4.69) is 41.9 Å². The highest BCUT2D eigenvalue weighted by atomic mass is 16.3. The molecular weight excluding hydrogens is 722 g/mol. The fourth-order valence-electron chi connectivity index (χ4n) is 6.14. The van der Waals surface area contributed by atoms with Gasteiger partial charge in [0.2, 0.25) is 29.5 Å². The molecule has 0 spiro atoms. The number of phenols is 1. The lowest BCUT2D eigenvalue weighted by Crippen LogP contribution is -2.60. The fraction of sp³-hybridized carbons (Fsp3) is 0.289. The highest BCUT2D eigenvalue weighted by Gasteiger charge is 2.33. The van der Waals surface area contributed by atoms with Crippen LogP contribution in [-0.2, 0) is 36.8 Å². The number of aromatic nitrogens is 1.